The summed E-state index contributed by atoms with van der Waals surface area (Å²) < 4.78 is 16.9. The maximum Gasteiger partial charge on any atom is 0.139 e. The van der Waals surface area contributed by atoms with Crippen molar-refractivity contribution in [3.8, 4) is 0 Å². The molecule has 0 saturated carbocycles. The third-order valence-electron chi connectivity index (χ3n) is 2.53. The molecule has 5 heteroatoms. The fraction of sp³-hybridized carbons (Fsp3) is 0.250. The van der Waals surface area contributed by atoms with Crippen molar-refractivity contribution in [2.24, 2.45) is 0 Å². The summed E-state index contributed by atoms with van der Waals surface area (Å²) in [6.45, 7) is 2.71. The average Bonchev–Trinajstić information content (AvgIpc) is 2.68. The summed E-state index contributed by atoms with van der Waals surface area (Å²) in [5, 5.41) is 4.20. The summed E-state index contributed by atoms with van der Waals surface area (Å²) in [7, 11) is 0. The van der Waals surface area contributed by atoms with E-state index in [9.17, 15) is 4.39 Å². The third kappa shape index (κ3) is 3.17. The topological polar surface area (TPSA) is 50.9 Å². The Kier molecular flexibility index (Phi) is 3.58. The number of nitrogens with zero attached hydrogens (tertiary/aromatic N) is 1. The predicted octanol–water partition coefficient (Wildman–Crippen LogP) is 2.83. The third-order valence-corrected chi connectivity index (χ3v) is 3.29. The van der Waals surface area contributed by atoms with Crippen LogP contribution in [0, 0.1) is 12.7 Å². The van der Waals surface area contributed by atoms with Crippen LogP contribution < -0.4 is 11.1 Å². The fourth-order valence-electron chi connectivity index (χ4n) is 1.63. The van der Waals surface area contributed by atoms with Gasteiger partial charge in [-0.3, -0.25) is 0 Å². The van der Waals surface area contributed by atoms with Crippen LogP contribution in [0.3, 0.4) is 0 Å². The lowest BCUT2D eigenvalue weighted by atomic mass is 10.1. The van der Waals surface area contributed by atoms with Crippen LogP contribution in [0.1, 0.15) is 11.1 Å². The quantitative estimate of drug-likeness (QED) is 0.878. The van der Waals surface area contributed by atoms with Gasteiger partial charge in [0.15, 0.2) is 0 Å². The molecular weight excluding hydrogens is 237 g/mol. The molecule has 0 fully saturated rings. The molecule has 2 rings (SSSR count). The number of nitrogen functional groups attached to an aromatic ring is 1. The van der Waals surface area contributed by atoms with Crippen molar-refractivity contribution in [1.29, 1.82) is 0 Å². The van der Waals surface area contributed by atoms with Gasteiger partial charge < -0.3 is 11.1 Å². The minimum atomic E-state index is -0.186. The zero-order chi connectivity index (χ0) is 12.3. The minimum absolute atomic E-state index is 0.186. The van der Waals surface area contributed by atoms with Gasteiger partial charge in [-0.2, -0.15) is 4.37 Å². The number of rotatable bonds is 4. The minimum Gasteiger partial charge on any atom is -0.383 e. The highest BCUT2D eigenvalue weighted by atomic mass is 32.1. The highest BCUT2D eigenvalue weighted by molar-refractivity contribution is 7.10. The number of anilines is 2. The fourth-order valence-corrected chi connectivity index (χ4v) is 2.23. The molecule has 0 aliphatic heterocycles. The van der Waals surface area contributed by atoms with Crippen LogP contribution in [0.4, 0.5) is 15.2 Å². The first-order valence-corrected chi connectivity index (χ1v) is 6.13. The van der Waals surface area contributed by atoms with Crippen LogP contribution in [-0.2, 0) is 6.42 Å². The molecule has 0 radical (unpaired) electrons. The Morgan fingerprint density at radius 2 is 2.24 bits per heavy atom. The van der Waals surface area contributed by atoms with Gasteiger partial charge in [-0.1, -0.05) is 6.07 Å². The molecule has 3 nitrogen and oxygen atoms in total. The molecule has 90 valence electrons. The van der Waals surface area contributed by atoms with E-state index in [1.54, 1.807) is 6.07 Å². The van der Waals surface area contributed by atoms with E-state index in [2.05, 4.69) is 9.69 Å². The smallest absolute Gasteiger partial charge is 0.139 e. The summed E-state index contributed by atoms with van der Waals surface area (Å²) in [4.78, 5) is 0. The predicted molar refractivity (Wildman–Crippen MR) is 69.9 cm³/mol. The van der Waals surface area contributed by atoms with Crippen molar-refractivity contribution in [1.82, 2.24) is 4.37 Å². The van der Waals surface area contributed by atoms with Gasteiger partial charge in [0.1, 0.15) is 16.6 Å². The molecule has 0 aliphatic carbocycles. The van der Waals surface area contributed by atoms with E-state index in [1.165, 1.54) is 17.6 Å². The Morgan fingerprint density at radius 3 is 2.88 bits per heavy atom. The normalized spacial score (nSPS) is 10.5. The SMILES string of the molecule is Cc1cc(F)ccc1CCNc1cc(N)ns1. The van der Waals surface area contributed by atoms with Crippen LogP contribution in [0.5, 0.6) is 0 Å². The van der Waals surface area contributed by atoms with E-state index < -0.39 is 0 Å². The molecule has 0 amide bonds. The monoisotopic (exact) mass is 251 g/mol. The molecule has 0 aliphatic rings. The van der Waals surface area contributed by atoms with Gasteiger partial charge in [0, 0.05) is 12.6 Å². The second-order valence-corrected chi connectivity index (χ2v) is 4.67. The van der Waals surface area contributed by atoms with Gasteiger partial charge >= 0.3 is 0 Å². The molecule has 17 heavy (non-hydrogen) atoms. The molecule has 1 heterocycles. The summed E-state index contributed by atoms with van der Waals surface area (Å²) in [5.41, 5.74) is 7.65. The lowest BCUT2D eigenvalue weighted by Crippen LogP contribution is -2.04. The van der Waals surface area contributed by atoms with E-state index in [0.29, 0.717) is 5.82 Å². The van der Waals surface area contributed by atoms with E-state index >= 15 is 0 Å². The first-order valence-electron chi connectivity index (χ1n) is 5.36. The second-order valence-electron chi connectivity index (χ2n) is 3.86. The van der Waals surface area contributed by atoms with Crippen LogP contribution in [-0.4, -0.2) is 10.9 Å². The van der Waals surface area contributed by atoms with E-state index in [4.69, 9.17) is 5.73 Å². The molecular formula is C12H14FN3S. The first-order chi connectivity index (χ1) is 8.15. The Hall–Kier alpha value is -1.62. The maximum absolute atomic E-state index is 12.9. The van der Waals surface area contributed by atoms with E-state index in [1.807, 2.05) is 19.1 Å². The second kappa shape index (κ2) is 5.14. The van der Waals surface area contributed by atoms with Crippen LogP contribution in [0.2, 0.25) is 0 Å². The molecule has 1 aromatic heterocycles. The Bertz CT molecular complexity index is 510. The largest absolute Gasteiger partial charge is 0.383 e. The number of hydrogen-bond donors (Lipinski definition) is 2. The van der Waals surface area contributed by atoms with Crippen LogP contribution in [0.15, 0.2) is 24.3 Å². The summed E-state index contributed by atoms with van der Waals surface area (Å²) in [5.74, 6) is 0.352. The van der Waals surface area contributed by atoms with Gasteiger partial charge in [0.25, 0.3) is 0 Å². The van der Waals surface area contributed by atoms with Crippen molar-refractivity contribution >= 4 is 22.4 Å². The number of aryl methyl sites for hydroxylation is 1. The lowest BCUT2D eigenvalue weighted by molar-refractivity contribution is 0.625. The summed E-state index contributed by atoms with van der Waals surface area (Å²) in [6, 6.07) is 6.68. The Morgan fingerprint density at radius 1 is 1.41 bits per heavy atom. The standard InChI is InChI=1S/C12H14FN3S/c1-8-6-10(13)3-2-9(8)4-5-15-12-7-11(14)16-17-12/h2-3,6-7,15H,4-5H2,1H3,(H2,14,16). The Labute approximate surface area is 104 Å². The van der Waals surface area contributed by atoms with Gasteiger partial charge in [-0.15, -0.1) is 0 Å². The molecule has 2 aromatic rings. The van der Waals surface area contributed by atoms with Crippen molar-refractivity contribution in [3.63, 3.8) is 0 Å². The summed E-state index contributed by atoms with van der Waals surface area (Å²) in [6.07, 6.45) is 0.851. The summed E-state index contributed by atoms with van der Waals surface area (Å²) >= 11 is 1.35. The molecule has 3 N–H and O–H groups in total. The zero-order valence-electron chi connectivity index (χ0n) is 9.53. The molecule has 0 saturated heterocycles. The Balaban J connectivity index is 1.90. The van der Waals surface area contributed by atoms with E-state index in [0.717, 1.165) is 29.1 Å². The van der Waals surface area contributed by atoms with Crippen molar-refractivity contribution < 1.29 is 4.39 Å². The van der Waals surface area contributed by atoms with E-state index in [-0.39, 0.29) is 5.82 Å². The number of halogens is 1. The van der Waals surface area contributed by atoms with Crippen molar-refractivity contribution in [2.75, 3.05) is 17.6 Å². The highest BCUT2D eigenvalue weighted by Crippen LogP contribution is 2.17. The van der Waals surface area contributed by atoms with Crippen LogP contribution in [0.25, 0.3) is 0 Å². The van der Waals surface area contributed by atoms with Crippen molar-refractivity contribution in [3.05, 3.63) is 41.2 Å². The molecule has 0 unspecified atom stereocenters. The van der Waals surface area contributed by atoms with Crippen LogP contribution >= 0.6 is 11.5 Å². The zero-order valence-corrected chi connectivity index (χ0v) is 10.4. The number of hydrogen-bond acceptors (Lipinski definition) is 4. The first kappa shape index (κ1) is 11.9. The van der Waals surface area contributed by atoms with Gasteiger partial charge in [0.2, 0.25) is 0 Å². The number of aromatic nitrogens is 1. The molecule has 0 bridgehead atoms. The maximum atomic E-state index is 12.9. The molecule has 0 atom stereocenters. The highest BCUT2D eigenvalue weighted by Gasteiger charge is 2.01. The van der Waals surface area contributed by atoms with Gasteiger partial charge in [0.05, 0.1) is 0 Å². The van der Waals surface area contributed by atoms with Crippen molar-refractivity contribution in [2.45, 2.75) is 13.3 Å². The lowest BCUT2D eigenvalue weighted by Gasteiger charge is -2.06. The molecule has 1 aromatic carbocycles. The number of nitrogens with two attached hydrogens (primary N) is 1. The molecule has 0 spiro atoms. The number of benzene rings is 1. The average molecular weight is 251 g/mol. The van der Waals surface area contributed by atoms with Gasteiger partial charge in [-0.25, -0.2) is 4.39 Å². The van der Waals surface area contributed by atoms with Gasteiger partial charge in [-0.05, 0) is 48.1 Å². The number of nitrogens with one attached hydrogen (secondary N) is 1.